The molecule has 3 N–H and O–H groups in total. The predicted octanol–water partition coefficient (Wildman–Crippen LogP) is 0.986. The lowest BCUT2D eigenvalue weighted by molar-refractivity contribution is -0.127. The summed E-state index contributed by atoms with van der Waals surface area (Å²) in [6.45, 7) is 4.22. The van der Waals surface area contributed by atoms with Crippen molar-refractivity contribution in [1.29, 1.82) is 0 Å². The van der Waals surface area contributed by atoms with Crippen molar-refractivity contribution in [2.24, 2.45) is 5.73 Å². The second-order valence-electron chi connectivity index (χ2n) is 4.96. The van der Waals surface area contributed by atoms with Crippen LogP contribution >= 0.6 is 12.4 Å². The zero-order valence-electron chi connectivity index (χ0n) is 11.6. The van der Waals surface area contributed by atoms with Gasteiger partial charge in [-0.25, -0.2) is 0 Å². The molecule has 20 heavy (non-hydrogen) atoms. The Bertz CT molecular complexity index is 488. The first-order valence-electron chi connectivity index (χ1n) is 6.43. The predicted molar refractivity (Wildman–Crippen MR) is 81.0 cm³/mol. The fraction of sp³-hybridized carbons (Fsp3) is 0.429. The maximum absolute atomic E-state index is 12.2. The Kier molecular flexibility index (Phi) is 5.53. The first-order chi connectivity index (χ1) is 8.99. The Labute approximate surface area is 124 Å². The molecule has 5 nitrogen and oxygen atoms in total. The summed E-state index contributed by atoms with van der Waals surface area (Å²) in [5.74, 6) is -0.359. The summed E-state index contributed by atoms with van der Waals surface area (Å²) in [7, 11) is 0. The third-order valence-corrected chi connectivity index (χ3v) is 3.28. The minimum absolute atomic E-state index is 0. The zero-order chi connectivity index (χ0) is 14.0. The minimum Gasteiger partial charge on any atom is -0.343 e. The molecule has 110 valence electrons. The smallest absolute Gasteiger partial charge is 0.249 e. The van der Waals surface area contributed by atoms with Gasteiger partial charge < -0.3 is 16.0 Å². The van der Waals surface area contributed by atoms with Gasteiger partial charge in [0, 0.05) is 12.2 Å². The summed E-state index contributed by atoms with van der Waals surface area (Å²) in [6, 6.07) is 6.72. The summed E-state index contributed by atoms with van der Waals surface area (Å²) in [4.78, 5) is 25.4. The Balaban J connectivity index is 0.00000200. The number of amides is 2. The van der Waals surface area contributed by atoms with Gasteiger partial charge in [0.25, 0.3) is 0 Å². The zero-order valence-corrected chi connectivity index (χ0v) is 12.4. The number of aryl methyl sites for hydroxylation is 1. The molecule has 1 aromatic carbocycles. The SMILES string of the molecule is Cc1ccc(N2CCC(NC(=O)[C@@H](C)N)C2=O)cc1.Cl. The van der Waals surface area contributed by atoms with Crippen LogP contribution in [0.15, 0.2) is 24.3 Å². The molecular formula is C14H20ClN3O2. The molecule has 1 fully saturated rings. The van der Waals surface area contributed by atoms with Gasteiger partial charge in [0.2, 0.25) is 11.8 Å². The van der Waals surface area contributed by atoms with Crippen molar-refractivity contribution in [2.45, 2.75) is 32.4 Å². The fourth-order valence-corrected chi connectivity index (χ4v) is 2.10. The van der Waals surface area contributed by atoms with Crippen LogP contribution in [0.2, 0.25) is 0 Å². The Morgan fingerprint density at radius 1 is 1.40 bits per heavy atom. The maximum Gasteiger partial charge on any atom is 0.249 e. The monoisotopic (exact) mass is 297 g/mol. The Hall–Kier alpha value is -1.59. The molecule has 1 unspecified atom stereocenters. The minimum atomic E-state index is -0.596. The second-order valence-corrected chi connectivity index (χ2v) is 4.96. The molecule has 1 heterocycles. The molecule has 0 spiro atoms. The number of halogens is 1. The standard InChI is InChI=1S/C14H19N3O2.ClH/c1-9-3-5-11(6-4-9)17-8-7-12(14(17)19)16-13(18)10(2)15;/h3-6,10,12H,7-8,15H2,1-2H3,(H,16,18);1H/t10-,12?;/m1./s1. The average Bonchev–Trinajstić information content (AvgIpc) is 2.72. The molecule has 2 atom stereocenters. The number of carbonyl (C=O) groups is 2. The van der Waals surface area contributed by atoms with Crippen LogP contribution in [-0.4, -0.2) is 30.4 Å². The number of nitrogens with zero attached hydrogens (tertiary/aromatic N) is 1. The van der Waals surface area contributed by atoms with Gasteiger partial charge in [0.1, 0.15) is 6.04 Å². The van der Waals surface area contributed by atoms with E-state index in [9.17, 15) is 9.59 Å². The third-order valence-electron chi connectivity index (χ3n) is 3.28. The molecule has 0 saturated carbocycles. The number of nitrogens with two attached hydrogens (primary N) is 1. The molecule has 6 heteroatoms. The van der Waals surface area contributed by atoms with Gasteiger partial charge in [-0.15, -0.1) is 12.4 Å². The van der Waals surface area contributed by atoms with Crippen molar-refractivity contribution < 1.29 is 9.59 Å². The number of carbonyl (C=O) groups excluding carboxylic acids is 2. The second kappa shape index (κ2) is 6.72. The molecule has 1 aromatic rings. The van der Waals surface area contributed by atoms with Crippen LogP contribution in [0, 0.1) is 6.92 Å². The highest BCUT2D eigenvalue weighted by Gasteiger charge is 2.33. The highest BCUT2D eigenvalue weighted by atomic mass is 35.5. The van der Waals surface area contributed by atoms with Crippen molar-refractivity contribution in [2.75, 3.05) is 11.4 Å². The van der Waals surface area contributed by atoms with Crippen molar-refractivity contribution in [3.63, 3.8) is 0 Å². The lowest BCUT2D eigenvalue weighted by Gasteiger charge is -2.18. The molecular weight excluding hydrogens is 278 g/mol. The van der Waals surface area contributed by atoms with Crippen LogP contribution in [0.3, 0.4) is 0 Å². The third kappa shape index (κ3) is 3.49. The normalized spacial score (nSPS) is 19.4. The van der Waals surface area contributed by atoms with Gasteiger partial charge in [-0.05, 0) is 32.4 Å². The molecule has 0 radical (unpaired) electrons. The summed E-state index contributed by atoms with van der Waals surface area (Å²) < 4.78 is 0. The summed E-state index contributed by atoms with van der Waals surface area (Å²) in [5, 5.41) is 2.68. The van der Waals surface area contributed by atoms with E-state index in [4.69, 9.17) is 5.73 Å². The highest BCUT2D eigenvalue weighted by Crippen LogP contribution is 2.21. The molecule has 2 rings (SSSR count). The number of hydrogen-bond acceptors (Lipinski definition) is 3. The lowest BCUT2D eigenvalue weighted by atomic mass is 10.2. The van der Waals surface area contributed by atoms with Crippen LogP contribution in [0.4, 0.5) is 5.69 Å². The van der Waals surface area contributed by atoms with E-state index < -0.39 is 12.1 Å². The topological polar surface area (TPSA) is 75.4 Å². The van der Waals surface area contributed by atoms with E-state index in [-0.39, 0.29) is 24.2 Å². The van der Waals surface area contributed by atoms with Crippen LogP contribution in [0.5, 0.6) is 0 Å². The van der Waals surface area contributed by atoms with Gasteiger partial charge >= 0.3 is 0 Å². The van der Waals surface area contributed by atoms with Crippen molar-refractivity contribution >= 4 is 29.9 Å². The first kappa shape index (κ1) is 16.5. The number of anilines is 1. The largest absolute Gasteiger partial charge is 0.343 e. The van der Waals surface area contributed by atoms with Crippen LogP contribution in [0.25, 0.3) is 0 Å². The Morgan fingerprint density at radius 3 is 2.55 bits per heavy atom. The molecule has 0 aliphatic carbocycles. The van der Waals surface area contributed by atoms with E-state index >= 15 is 0 Å². The molecule has 0 bridgehead atoms. The van der Waals surface area contributed by atoms with Gasteiger partial charge in [0.05, 0.1) is 6.04 Å². The summed E-state index contributed by atoms with van der Waals surface area (Å²) in [6.07, 6.45) is 0.616. The van der Waals surface area contributed by atoms with E-state index in [2.05, 4.69) is 5.32 Å². The Morgan fingerprint density at radius 2 is 2.00 bits per heavy atom. The number of benzene rings is 1. The van der Waals surface area contributed by atoms with E-state index in [0.29, 0.717) is 13.0 Å². The van der Waals surface area contributed by atoms with Crippen molar-refractivity contribution in [3.05, 3.63) is 29.8 Å². The molecule has 1 aliphatic rings. The van der Waals surface area contributed by atoms with Gasteiger partial charge in [-0.2, -0.15) is 0 Å². The summed E-state index contributed by atoms with van der Waals surface area (Å²) >= 11 is 0. The molecule has 2 amide bonds. The van der Waals surface area contributed by atoms with Gasteiger partial charge in [-0.1, -0.05) is 17.7 Å². The highest BCUT2D eigenvalue weighted by molar-refractivity contribution is 6.01. The van der Waals surface area contributed by atoms with Crippen LogP contribution < -0.4 is 16.0 Å². The first-order valence-corrected chi connectivity index (χ1v) is 6.43. The quantitative estimate of drug-likeness (QED) is 0.873. The van der Waals surface area contributed by atoms with Crippen molar-refractivity contribution in [3.8, 4) is 0 Å². The molecule has 0 aromatic heterocycles. The number of hydrogen-bond donors (Lipinski definition) is 2. The molecule has 1 aliphatic heterocycles. The van der Waals surface area contributed by atoms with E-state index in [1.807, 2.05) is 31.2 Å². The van der Waals surface area contributed by atoms with E-state index in [0.717, 1.165) is 11.3 Å². The summed E-state index contributed by atoms with van der Waals surface area (Å²) in [5.41, 5.74) is 7.50. The molecule has 1 saturated heterocycles. The van der Waals surface area contributed by atoms with E-state index in [1.54, 1.807) is 11.8 Å². The van der Waals surface area contributed by atoms with Crippen LogP contribution in [-0.2, 0) is 9.59 Å². The average molecular weight is 298 g/mol. The lowest BCUT2D eigenvalue weighted by Crippen LogP contribution is -2.47. The van der Waals surface area contributed by atoms with E-state index in [1.165, 1.54) is 0 Å². The van der Waals surface area contributed by atoms with Crippen molar-refractivity contribution in [1.82, 2.24) is 5.32 Å². The number of rotatable bonds is 3. The fourth-order valence-electron chi connectivity index (χ4n) is 2.10. The number of nitrogens with one attached hydrogen (secondary N) is 1. The van der Waals surface area contributed by atoms with Gasteiger partial charge in [0.15, 0.2) is 0 Å². The van der Waals surface area contributed by atoms with Gasteiger partial charge in [-0.3, -0.25) is 9.59 Å². The maximum atomic E-state index is 12.2. The van der Waals surface area contributed by atoms with Crippen LogP contribution in [0.1, 0.15) is 18.9 Å².